The number of aryl methyl sites for hydroxylation is 1. The standard InChI is InChI=1S/C9H12N4O/c1-12-3-2-9(11-12)6-13-5-8(7-14)4-10-13/h2-5,14H,6-7H2,1H3. The fourth-order valence-electron chi connectivity index (χ4n) is 1.29. The Morgan fingerprint density at radius 2 is 2.36 bits per heavy atom. The number of nitrogens with zero attached hydrogens (tertiary/aromatic N) is 4. The van der Waals surface area contributed by atoms with E-state index >= 15 is 0 Å². The van der Waals surface area contributed by atoms with E-state index in [1.54, 1.807) is 15.6 Å². The van der Waals surface area contributed by atoms with E-state index in [4.69, 9.17) is 5.11 Å². The maximum absolute atomic E-state index is 8.85. The van der Waals surface area contributed by atoms with Crippen molar-refractivity contribution in [2.75, 3.05) is 0 Å². The van der Waals surface area contributed by atoms with Crippen molar-refractivity contribution in [2.24, 2.45) is 7.05 Å². The molecule has 0 aliphatic carbocycles. The minimum Gasteiger partial charge on any atom is -0.392 e. The number of aromatic nitrogens is 4. The molecular formula is C9H12N4O. The Kier molecular flexibility index (Phi) is 2.32. The highest BCUT2D eigenvalue weighted by Gasteiger charge is 2.00. The summed E-state index contributed by atoms with van der Waals surface area (Å²) in [5.41, 5.74) is 1.78. The molecule has 0 saturated carbocycles. The van der Waals surface area contributed by atoms with Gasteiger partial charge in [-0.25, -0.2) is 0 Å². The Morgan fingerprint density at radius 1 is 1.50 bits per heavy atom. The minimum absolute atomic E-state index is 0.0300. The van der Waals surface area contributed by atoms with Gasteiger partial charge in [-0.1, -0.05) is 0 Å². The Labute approximate surface area is 81.6 Å². The lowest BCUT2D eigenvalue weighted by molar-refractivity contribution is 0.281. The molecule has 0 aromatic carbocycles. The normalized spacial score (nSPS) is 10.7. The molecule has 0 radical (unpaired) electrons. The summed E-state index contributed by atoms with van der Waals surface area (Å²) in [6.45, 7) is 0.670. The third-order valence-electron chi connectivity index (χ3n) is 1.96. The highest BCUT2D eigenvalue weighted by molar-refractivity contribution is 5.04. The van der Waals surface area contributed by atoms with Crippen molar-refractivity contribution in [1.82, 2.24) is 19.6 Å². The second kappa shape index (κ2) is 3.63. The Morgan fingerprint density at radius 3 is 2.93 bits per heavy atom. The van der Waals surface area contributed by atoms with Crippen molar-refractivity contribution in [3.05, 3.63) is 35.9 Å². The smallest absolute Gasteiger partial charge is 0.0849 e. The summed E-state index contributed by atoms with van der Waals surface area (Å²) in [6, 6.07) is 1.94. The van der Waals surface area contributed by atoms with Crippen molar-refractivity contribution >= 4 is 0 Å². The van der Waals surface area contributed by atoms with Gasteiger partial charge in [-0.15, -0.1) is 0 Å². The number of hydrogen-bond donors (Lipinski definition) is 1. The van der Waals surface area contributed by atoms with Gasteiger partial charge in [-0.3, -0.25) is 9.36 Å². The van der Waals surface area contributed by atoms with Crippen LogP contribution in [-0.4, -0.2) is 24.7 Å². The van der Waals surface area contributed by atoms with E-state index in [2.05, 4.69) is 10.2 Å². The molecule has 0 amide bonds. The molecule has 2 aromatic heterocycles. The van der Waals surface area contributed by atoms with Crippen molar-refractivity contribution in [3.8, 4) is 0 Å². The molecule has 0 aliphatic rings. The van der Waals surface area contributed by atoms with Crippen LogP contribution in [0.5, 0.6) is 0 Å². The van der Waals surface area contributed by atoms with Crippen LogP contribution in [0.2, 0.25) is 0 Å². The van der Waals surface area contributed by atoms with Gasteiger partial charge in [0.1, 0.15) is 0 Å². The summed E-state index contributed by atoms with van der Waals surface area (Å²) in [5.74, 6) is 0. The lowest BCUT2D eigenvalue weighted by atomic mass is 10.4. The van der Waals surface area contributed by atoms with Gasteiger partial charge in [-0.2, -0.15) is 10.2 Å². The number of hydrogen-bond acceptors (Lipinski definition) is 3. The number of aliphatic hydroxyl groups is 1. The second-order valence-electron chi connectivity index (χ2n) is 3.19. The van der Waals surface area contributed by atoms with Gasteiger partial charge in [0.15, 0.2) is 0 Å². The zero-order chi connectivity index (χ0) is 9.97. The van der Waals surface area contributed by atoms with E-state index in [1.807, 2.05) is 25.5 Å². The molecule has 0 unspecified atom stereocenters. The van der Waals surface area contributed by atoms with Gasteiger partial charge in [0, 0.05) is 25.0 Å². The summed E-state index contributed by atoms with van der Waals surface area (Å²) in [5, 5.41) is 17.2. The zero-order valence-corrected chi connectivity index (χ0v) is 7.96. The largest absolute Gasteiger partial charge is 0.392 e. The van der Waals surface area contributed by atoms with Crippen LogP contribution < -0.4 is 0 Å². The average Bonchev–Trinajstić information content (AvgIpc) is 2.76. The van der Waals surface area contributed by atoms with E-state index in [0.29, 0.717) is 6.54 Å². The van der Waals surface area contributed by atoms with Crippen LogP contribution in [0.4, 0.5) is 0 Å². The first-order valence-electron chi connectivity index (χ1n) is 4.38. The molecule has 74 valence electrons. The van der Waals surface area contributed by atoms with E-state index in [1.165, 1.54) is 0 Å². The molecule has 14 heavy (non-hydrogen) atoms. The first kappa shape index (κ1) is 8.96. The monoisotopic (exact) mass is 192 g/mol. The number of rotatable bonds is 3. The summed E-state index contributed by atoms with van der Waals surface area (Å²) in [7, 11) is 1.88. The molecule has 2 heterocycles. The highest BCUT2D eigenvalue weighted by atomic mass is 16.3. The Hall–Kier alpha value is -1.62. The van der Waals surface area contributed by atoms with Crippen molar-refractivity contribution in [1.29, 1.82) is 0 Å². The first-order chi connectivity index (χ1) is 6.78. The van der Waals surface area contributed by atoms with Crippen LogP contribution in [0.25, 0.3) is 0 Å². The van der Waals surface area contributed by atoms with Gasteiger partial charge >= 0.3 is 0 Å². The summed E-state index contributed by atoms with van der Waals surface area (Å²) in [6.07, 6.45) is 5.36. The van der Waals surface area contributed by atoms with Crippen LogP contribution in [0.15, 0.2) is 24.7 Å². The third-order valence-corrected chi connectivity index (χ3v) is 1.96. The summed E-state index contributed by atoms with van der Waals surface area (Å²) in [4.78, 5) is 0. The maximum atomic E-state index is 8.85. The fraction of sp³-hybridized carbons (Fsp3) is 0.333. The fourth-order valence-corrected chi connectivity index (χ4v) is 1.29. The van der Waals surface area contributed by atoms with Crippen molar-refractivity contribution < 1.29 is 5.11 Å². The molecule has 0 atom stereocenters. The minimum atomic E-state index is 0.0300. The molecule has 0 bridgehead atoms. The molecule has 2 aromatic rings. The van der Waals surface area contributed by atoms with Crippen molar-refractivity contribution in [2.45, 2.75) is 13.2 Å². The predicted octanol–water partition coefficient (Wildman–Crippen LogP) is 0.157. The van der Waals surface area contributed by atoms with Gasteiger partial charge in [0.05, 0.1) is 25.0 Å². The molecule has 0 aliphatic heterocycles. The van der Waals surface area contributed by atoms with Gasteiger partial charge in [0.2, 0.25) is 0 Å². The van der Waals surface area contributed by atoms with E-state index in [-0.39, 0.29) is 6.61 Å². The molecular weight excluding hydrogens is 180 g/mol. The zero-order valence-electron chi connectivity index (χ0n) is 7.96. The van der Waals surface area contributed by atoms with Crippen molar-refractivity contribution in [3.63, 3.8) is 0 Å². The van der Waals surface area contributed by atoms with Crippen LogP contribution in [-0.2, 0) is 20.2 Å². The number of aliphatic hydroxyl groups excluding tert-OH is 1. The van der Waals surface area contributed by atoms with Crippen LogP contribution in [0.1, 0.15) is 11.3 Å². The third kappa shape index (κ3) is 1.82. The van der Waals surface area contributed by atoms with E-state index in [9.17, 15) is 0 Å². The topological polar surface area (TPSA) is 55.9 Å². The molecule has 5 nitrogen and oxygen atoms in total. The maximum Gasteiger partial charge on any atom is 0.0849 e. The van der Waals surface area contributed by atoms with E-state index in [0.717, 1.165) is 11.3 Å². The molecule has 1 N–H and O–H groups in total. The van der Waals surface area contributed by atoms with Gasteiger partial charge in [0.25, 0.3) is 0 Å². The Balaban J connectivity index is 2.10. The van der Waals surface area contributed by atoms with E-state index < -0.39 is 0 Å². The Bertz CT molecular complexity index is 418. The second-order valence-corrected chi connectivity index (χ2v) is 3.19. The first-order valence-corrected chi connectivity index (χ1v) is 4.38. The van der Waals surface area contributed by atoms with Gasteiger partial charge in [-0.05, 0) is 6.07 Å². The van der Waals surface area contributed by atoms with Gasteiger partial charge < -0.3 is 5.11 Å². The van der Waals surface area contributed by atoms with Crippen LogP contribution >= 0.6 is 0 Å². The molecule has 0 spiro atoms. The summed E-state index contributed by atoms with van der Waals surface area (Å²) >= 11 is 0. The molecule has 5 heteroatoms. The SMILES string of the molecule is Cn1ccc(Cn2cc(CO)cn2)n1. The predicted molar refractivity (Wildman–Crippen MR) is 50.5 cm³/mol. The summed E-state index contributed by atoms with van der Waals surface area (Å²) < 4.78 is 3.51. The molecule has 2 rings (SSSR count). The van der Waals surface area contributed by atoms with Crippen LogP contribution in [0.3, 0.4) is 0 Å². The quantitative estimate of drug-likeness (QED) is 0.753. The molecule has 0 saturated heterocycles. The van der Waals surface area contributed by atoms with Crippen LogP contribution in [0, 0.1) is 0 Å². The highest BCUT2D eigenvalue weighted by Crippen LogP contribution is 2.01. The average molecular weight is 192 g/mol. The lowest BCUT2D eigenvalue weighted by Crippen LogP contribution is -2.01. The molecule has 0 fully saturated rings. The lowest BCUT2D eigenvalue weighted by Gasteiger charge is -1.96.